The molecule has 3 nitrogen and oxygen atoms in total. The van der Waals surface area contributed by atoms with Crippen molar-refractivity contribution in [1.29, 1.82) is 0 Å². The first-order valence-corrected chi connectivity index (χ1v) is 6.96. The summed E-state index contributed by atoms with van der Waals surface area (Å²) in [5.41, 5.74) is 1.81. The summed E-state index contributed by atoms with van der Waals surface area (Å²) in [6, 6.07) is 7.73. The van der Waals surface area contributed by atoms with E-state index >= 15 is 0 Å². The number of halogens is 2. The lowest BCUT2D eigenvalue weighted by Crippen LogP contribution is -2.15. The van der Waals surface area contributed by atoms with Gasteiger partial charge in [-0.3, -0.25) is 4.98 Å². The van der Waals surface area contributed by atoms with Crippen molar-refractivity contribution in [3.8, 4) is 5.75 Å². The average Bonchev–Trinajstić information content (AvgIpc) is 3.30. The standard InChI is InChI=1S/C16H16F2N2O/c17-12-2-6-16(15(18)7-12)21-10-14-3-1-11(9-20-14)8-19-13-4-5-13/h1-3,6-7,9,13,19H,4-5,8,10H2. The van der Waals surface area contributed by atoms with Crippen LogP contribution in [0, 0.1) is 11.6 Å². The zero-order valence-corrected chi connectivity index (χ0v) is 11.5. The molecule has 1 aromatic heterocycles. The third kappa shape index (κ3) is 3.98. The van der Waals surface area contributed by atoms with Crippen molar-refractivity contribution in [2.75, 3.05) is 0 Å². The molecule has 0 amide bonds. The summed E-state index contributed by atoms with van der Waals surface area (Å²) >= 11 is 0. The molecule has 110 valence electrons. The quantitative estimate of drug-likeness (QED) is 0.887. The molecule has 1 fully saturated rings. The van der Waals surface area contributed by atoms with Gasteiger partial charge in [-0.05, 0) is 36.6 Å². The Hall–Kier alpha value is -2.01. The van der Waals surface area contributed by atoms with Crippen molar-refractivity contribution < 1.29 is 13.5 Å². The number of nitrogens with one attached hydrogen (secondary N) is 1. The Bertz CT molecular complexity index is 612. The molecule has 0 radical (unpaired) electrons. The Labute approximate surface area is 122 Å². The second kappa shape index (κ2) is 6.18. The summed E-state index contributed by atoms with van der Waals surface area (Å²) in [4.78, 5) is 4.28. The van der Waals surface area contributed by atoms with Crippen LogP contribution in [0.25, 0.3) is 0 Å². The van der Waals surface area contributed by atoms with Gasteiger partial charge < -0.3 is 10.1 Å². The van der Waals surface area contributed by atoms with Crippen molar-refractivity contribution >= 4 is 0 Å². The lowest BCUT2D eigenvalue weighted by molar-refractivity contribution is 0.285. The molecule has 1 aliphatic rings. The molecule has 1 aromatic carbocycles. The van der Waals surface area contributed by atoms with Crippen molar-refractivity contribution in [3.63, 3.8) is 0 Å². The van der Waals surface area contributed by atoms with Crippen molar-refractivity contribution in [3.05, 3.63) is 59.4 Å². The number of pyridine rings is 1. The molecule has 0 atom stereocenters. The first kappa shape index (κ1) is 13.9. The van der Waals surface area contributed by atoms with E-state index in [1.165, 1.54) is 25.0 Å². The Morgan fingerprint density at radius 3 is 2.71 bits per heavy atom. The predicted molar refractivity (Wildman–Crippen MR) is 74.8 cm³/mol. The van der Waals surface area contributed by atoms with Crippen LogP contribution < -0.4 is 10.1 Å². The van der Waals surface area contributed by atoms with E-state index in [4.69, 9.17) is 4.74 Å². The van der Waals surface area contributed by atoms with E-state index in [1.807, 2.05) is 12.1 Å². The van der Waals surface area contributed by atoms with E-state index in [-0.39, 0.29) is 12.4 Å². The predicted octanol–water partition coefficient (Wildman–Crippen LogP) is 3.19. The van der Waals surface area contributed by atoms with Gasteiger partial charge in [0, 0.05) is 24.8 Å². The number of nitrogens with zero attached hydrogens (tertiary/aromatic N) is 1. The summed E-state index contributed by atoms with van der Waals surface area (Å²) in [7, 11) is 0. The van der Waals surface area contributed by atoms with E-state index in [0.29, 0.717) is 11.7 Å². The summed E-state index contributed by atoms with van der Waals surface area (Å²) in [6.07, 6.45) is 4.29. The average molecular weight is 290 g/mol. The van der Waals surface area contributed by atoms with E-state index in [1.54, 1.807) is 6.20 Å². The molecule has 0 bridgehead atoms. The maximum atomic E-state index is 13.4. The smallest absolute Gasteiger partial charge is 0.167 e. The van der Waals surface area contributed by atoms with Crippen molar-refractivity contribution in [1.82, 2.24) is 10.3 Å². The molecule has 0 saturated heterocycles. The highest BCUT2D eigenvalue weighted by atomic mass is 19.1. The van der Waals surface area contributed by atoms with Crippen LogP contribution in [-0.2, 0) is 13.2 Å². The van der Waals surface area contributed by atoms with Crippen LogP contribution in [0.15, 0.2) is 36.5 Å². The summed E-state index contributed by atoms with van der Waals surface area (Å²) in [5, 5.41) is 3.41. The Balaban J connectivity index is 1.54. The largest absolute Gasteiger partial charge is 0.484 e. The Morgan fingerprint density at radius 1 is 1.19 bits per heavy atom. The van der Waals surface area contributed by atoms with Gasteiger partial charge in [0.1, 0.15) is 12.4 Å². The molecule has 2 aromatic rings. The van der Waals surface area contributed by atoms with Crippen molar-refractivity contribution in [2.24, 2.45) is 0 Å². The van der Waals surface area contributed by atoms with E-state index < -0.39 is 11.6 Å². The van der Waals surface area contributed by atoms with E-state index in [0.717, 1.165) is 18.2 Å². The summed E-state index contributed by atoms with van der Waals surface area (Å²) in [5.74, 6) is -1.30. The van der Waals surface area contributed by atoms with Gasteiger partial charge >= 0.3 is 0 Å². The minimum absolute atomic E-state index is 0.0256. The highest BCUT2D eigenvalue weighted by Gasteiger charge is 2.19. The third-order valence-electron chi connectivity index (χ3n) is 3.33. The van der Waals surface area contributed by atoms with Gasteiger partial charge in [-0.25, -0.2) is 8.78 Å². The van der Waals surface area contributed by atoms with E-state index in [9.17, 15) is 8.78 Å². The van der Waals surface area contributed by atoms with Crippen LogP contribution in [0.2, 0.25) is 0 Å². The molecule has 21 heavy (non-hydrogen) atoms. The number of hydrogen-bond acceptors (Lipinski definition) is 3. The van der Waals surface area contributed by atoms with Crippen LogP contribution in [-0.4, -0.2) is 11.0 Å². The number of benzene rings is 1. The summed E-state index contributed by atoms with van der Waals surface area (Å²) in [6.45, 7) is 0.963. The maximum Gasteiger partial charge on any atom is 0.167 e. The third-order valence-corrected chi connectivity index (χ3v) is 3.33. The van der Waals surface area contributed by atoms with Gasteiger partial charge in [-0.1, -0.05) is 6.07 Å². The van der Waals surface area contributed by atoms with Crippen LogP contribution in [0.1, 0.15) is 24.1 Å². The van der Waals surface area contributed by atoms with Gasteiger partial charge in [0.25, 0.3) is 0 Å². The lowest BCUT2D eigenvalue weighted by atomic mass is 10.2. The zero-order valence-electron chi connectivity index (χ0n) is 11.5. The number of ether oxygens (including phenoxy) is 1. The fourth-order valence-corrected chi connectivity index (χ4v) is 1.94. The lowest BCUT2D eigenvalue weighted by Gasteiger charge is -2.08. The second-order valence-electron chi connectivity index (χ2n) is 5.18. The van der Waals surface area contributed by atoms with Gasteiger partial charge in [-0.2, -0.15) is 0 Å². The van der Waals surface area contributed by atoms with Crippen molar-refractivity contribution in [2.45, 2.75) is 32.0 Å². The van der Waals surface area contributed by atoms with Gasteiger partial charge in [0.2, 0.25) is 0 Å². The highest BCUT2D eigenvalue weighted by Crippen LogP contribution is 2.20. The molecular formula is C16H16F2N2O. The Morgan fingerprint density at radius 2 is 2.05 bits per heavy atom. The number of aromatic nitrogens is 1. The maximum absolute atomic E-state index is 13.4. The van der Waals surface area contributed by atoms with Gasteiger partial charge in [0.15, 0.2) is 11.6 Å². The molecule has 1 aliphatic carbocycles. The molecule has 1 N–H and O–H groups in total. The first-order chi connectivity index (χ1) is 10.2. The Kier molecular flexibility index (Phi) is 4.10. The fourth-order valence-electron chi connectivity index (χ4n) is 1.94. The number of hydrogen-bond donors (Lipinski definition) is 1. The molecule has 3 rings (SSSR count). The first-order valence-electron chi connectivity index (χ1n) is 6.96. The van der Waals surface area contributed by atoms with Crippen LogP contribution >= 0.6 is 0 Å². The monoisotopic (exact) mass is 290 g/mol. The SMILES string of the molecule is Fc1ccc(OCc2ccc(CNC3CC3)cn2)c(F)c1. The minimum Gasteiger partial charge on any atom is -0.484 e. The number of rotatable bonds is 6. The van der Waals surface area contributed by atoms with Crippen LogP contribution in [0.5, 0.6) is 5.75 Å². The molecule has 1 heterocycles. The van der Waals surface area contributed by atoms with Crippen LogP contribution in [0.4, 0.5) is 8.78 Å². The van der Waals surface area contributed by atoms with E-state index in [2.05, 4.69) is 10.3 Å². The normalized spacial score (nSPS) is 14.2. The summed E-state index contributed by atoms with van der Waals surface area (Å²) < 4.78 is 31.5. The van der Waals surface area contributed by atoms with Gasteiger partial charge in [0.05, 0.1) is 5.69 Å². The van der Waals surface area contributed by atoms with Gasteiger partial charge in [-0.15, -0.1) is 0 Å². The highest BCUT2D eigenvalue weighted by molar-refractivity contribution is 5.25. The molecule has 1 saturated carbocycles. The fraction of sp³-hybridized carbons (Fsp3) is 0.312. The molecular weight excluding hydrogens is 274 g/mol. The molecule has 0 unspecified atom stereocenters. The molecule has 0 spiro atoms. The molecule has 5 heteroatoms. The second-order valence-corrected chi connectivity index (χ2v) is 5.18. The topological polar surface area (TPSA) is 34.1 Å². The minimum atomic E-state index is -0.708. The molecule has 0 aliphatic heterocycles. The van der Waals surface area contributed by atoms with Crippen LogP contribution in [0.3, 0.4) is 0 Å². The zero-order chi connectivity index (χ0) is 14.7.